The van der Waals surface area contributed by atoms with E-state index in [0.29, 0.717) is 36.1 Å². The molecule has 2 aliphatic rings. The molecule has 2 N–H and O–H groups in total. The molecule has 1 aliphatic heterocycles. The van der Waals surface area contributed by atoms with Gasteiger partial charge in [-0.05, 0) is 57.7 Å². The number of amides is 1. The number of benzene rings is 1. The van der Waals surface area contributed by atoms with Crippen LogP contribution in [0.4, 0.5) is 14.5 Å². The van der Waals surface area contributed by atoms with Crippen molar-refractivity contribution in [3.05, 3.63) is 63.1 Å². The van der Waals surface area contributed by atoms with E-state index < -0.39 is 5.82 Å². The number of aromatic nitrogens is 3. The number of piperazine rings is 1. The Bertz CT molecular complexity index is 1350. The van der Waals surface area contributed by atoms with Crippen LogP contribution in [0.5, 0.6) is 0 Å². The number of fused-ring (bicyclic) bond motifs is 1. The lowest BCUT2D eigenvalue weighted by molar-refractivity contribution is 0.0911. The minimum Gasteiger partial charge on any atom is -0.368 e. The first-order valence-electron chi connectivity index (χ1n) is 14.2. The molecule has 8 nitrogen and oxygen atoms in total. The van der Waals surface area contributed by atoms with Crippen LogP contribution >= 0.6 is 0 Å². The topological polar surface area (TPSA) is 94.2 Å². The number of carbonyl (C=O) groups is 1. The van der Waals surface area contributed by atoms with Crippen molar-refractivity contribution in [1.29, 1.82) is 0 Å². The van der Waals surface area contributed by atoms with Crippen LogP contribution in [0.2, 0.25) is 0 Å². The summed E-state index contributed by atoms with van der Waals surface area (Å²) in [5, 5.41) is 3.04. The third-order valence-corrected chi connectivity index (χ3v) is 7.62. The summed E-state index contributed by atoms with van der Waals surface area (Å²) in [5.41, 5.74) is 3.59. The normalized spacial score (nSPS) is 16.2. The van der Waals surface area contributed by atoms with Crippen molar-refractivity contribution in [2.75, 3.05) is 38.3 Å². The minimum absolute atomic E-state index is 0.104. The predicted molar refractivity (Wildman–Crippen MR) is 156 cm³/mol. The summed E-state index contributed by atoms with van der Waals surface area (Å²) in [6, 6.07) is 7.48. The van der Waals surface area contributed by atoms with Crippen LogP contribution in [0, 0.1) is 12.7 Å². The van der Waals surface area contributed by atoms with E-state index in [1.54, 1.807) is 18.2 Å². The Labute approximate surface area is 235 Å². The summed E-state index contributed by atoms with van der Waals surface area (Å²) in [4.78, 5) is 40.7. The summed E-state index contributed by atoms with van der Waals surface area (Å²) in [6.45, 7) is 12.8. The Balaban J connectivity index is 0.00000106. The van der Waals surface area contributed by atoms with Crippen molar-refractivity contribution >= 4 is 22.6 Å². The molecule has 40 heavy (non-hydrogen) atoms. The van der Waals surface area contributed by atoms with Gasteiger partial charge in [0.05, 0.1) is 24.1 Å². The minimum atomic E-state index is -0.412. The van der Waals surface area contributed by atoms with E-state index in [-0.39, 0.29) is 29.1 Å². The first kappa shape index (κ1) is 31.1. The number of halogens is 2. The van der Waals surface area contributed by atoms with Gasteiger partial charge in [-0.25, -0.2) is 14.4 Å². The number of hydrogen-bond donors (Lipinski definition) is 2. The number of alkyl halides is 1. The molecule has 218 valence electrons. The van der Waals surface area contributed by atoms with Crippen LogP contribution in [0.1, 0.15) is 80.4 Å². The number of carbonyl (C=O) groups excluding carboxylic acids is 1. The summed E-state index contributed by atoms with van der Waals surface area (Å²) in [5.74, 6) is -0.515. The third-order valence-electron chi connectivity index (χ3n) is 7.62. The van der Waals surface area contributed by atoms with Gasteiger partial charge in [-0.3, -0.25) is 18.9 Å². The average Bonchev–Trinajstić information content (AvgIpc) is 2.97. The zero-order chi connectivity index (χ0) is 29.4. The summed E-state index contributed by atoms with van der Waals surface area (Å²) in [6.07, 6.45) is 3.76. The average molecular weight is 557 g/mol. The molecule has 1 amide bonds. The van der Waals surface area contributed by atoms with Gasteiger partial charge in [-0.2, -0.15) is 0 Å². The number of nitrogens with zero attached hydrogens (tertiary/aromatic N) is 4. The summed E-state index contributed by atoms with van der Waals surface area (Å²) < 4.78 is 24.9. The number of anilines is 1. The largest absolute Gasteiger partial charge is 0.368 e. The molecular weight excluding hydrogens is 514 g/mol. The molecule has 2 fully saturated rings. The molecule has 1 aliphatic carbocycles. The standard InChI is InChI=1S/C27H33FN6O2.C2H6.CH3F/c1-4-20-26(35)32-25-21(31-20)9-8-19(24(25)28)17(3)33-12-14-34(15-13-33)23-11-10-22(29-16(23)2)27(36)30-18-6-5-7-18;2*1-2/h8-11,17-18H,4-7,12-15H2,1-3H3,(H,30,36)(H,32,35);1-2H3;1H3. The summed E-state index contributed by atoms with van der Waals surface area (Å²) in [7, 11) is 0.500. The van der Waals surface area contributed by atoms with Gasteiger partial charge < -0.3 is 15.2 Å². The van der Waals surface area contributed by atoms with Crippen LogP contribution in [0.15, 0.2) is 29.1 Å². The molecule has 3 heterocycles. The number of H-pyrrole nitrogens is 1. The van der Waals surface area contributed by atoms with Gasteiger partial charge in [0.2, 0.25) is 0 Å². The van der Waals surface area contributed by atoms with Crippen molar-refractivity contribution < 1.29 is 13.6 Å². The van der Waals surface area contributed by atoms with Crippen molar-refractivity contribution in [3.63, 3.8) is 0 Å². The second kappa shape index (κ2) is 14.3. The number of aryl methyl sites for hydroxylation is 2. The van der Waals surface area contributed by atoms with Crippen molar-refractivity contribution in [2.45, 2.75) is 72.4 Å². The number of rotatable bonds is 6. The Hall–Kier alpha value is -3.40. The predicted octanol–water partition coefficient (Wildman–Crippen LogP) is 5.11. The Kier molecular flexibility index (Phi) is 11.1. The first-order valence-corrected chi connectivity index (χ1v) is 14.2. The van der Waals surface area contributed by atoms with E-state index in [0.717, 1.165) is 50.4 Å². The molecule has 1 atom stereocenters. The monoisotopic (exact) mass is 556 g/mol. The maximum atomic E-state index is 15.4. The molecule has 1 saturated heterocycles. The van der Waals surface area contributed by atoms with Crippen molar-refractivity contribution in [1.82, 2.24) is 25.2 Å². The smallest absolute Gasteiger partial charge is 0.270 e. The molecule has 0 bridgehead atoms. The highest BCUT2D eigenvalue weighted by Gasteiger charge is 2.27. The number of pyridine rings is 1. The van der Waals surface area contributed by atoms with Crippen LogP contribution < -0.4 is 15.8 Å². The molecule has 2 aromatic heterocycles. The van der Waals surface area contributed by atoms with E-state index in [1.807, 2.05) is 40.7 Å². The first-order chi connectivity index (χ1) is 19.4. The molecule has 1 saturated carbocycles. The Morgan fingerprint density at radius 1 is 1.10 bits per heavy atom. The van der Waals surface area contributed by atoms with Gasteiger partial charge >= 0.3 is 0 Å². The lowest BCUT2D eigenvalue weighted by Gasteiger charge is -2.39. The quantitative estimate of drug-likeness (QED) is 0.439. The van der Waals surface area contributed by atoms with Crippen molar-refractivity contribution in [2.24, 2.45) is 0 Å². The van der Waals surface area contributed by atoms with E-state index in [2.05, 4.69) is 30.1 Å². The van der Waals surface area contributed by atoms with Gasteiger partial charge in [-0.1, -0.05) is 26.8 Å². The summed E-state index contributed by atoms with van der Waals surface area (Å²) >= 11 is 0. The number of nitrogens with one attached hydrogen (secondary N) is 2. The highest BCUT2D eigenvalue weighted by atomic mass is 19.1. The molecule has 1 unspecified atom stereocenters. The SMILES string of the molecule is CC.CCc1nc2ccc(C(C)N3CCN(c4ccc(C(=O)NC5CCC5)nc4C)CC3)c(F)c2[nH]c1=O.CF. The Morgan fingerprint density at radius 3 is 2.35 bits per heavy atom. The van der Waals surface area contributed by atoms with Crippen LogP contribution in [0.25, 0.3) is 11.0 Å². The fourth-order valence-electron chi connectivity index (χ4n) is 5.11. The van der Waals surface area contributed by atoms with Gasteiger partial charge in [0.25, 0.3) is 11.5 Å². The van der Waals surface area contributed by atoms with Crippen LogP contribution in [-0.2, 0) is 6.42 Å². The number of hydrogen-bond acceptors (Lipinski definition) is 6. The zero-order valence-electron chi connectivity index (χ0n) is 24.5. The van der Waals surface area contributed by atoms with Gasteiger partial charge in [0, 0.05) is 43.8 Å². The highest BCUT2D eigenvalue weighted by molar-refractivity contribution is 5.93. The van der Waals surface area contributed by atoms with E-state index in [4.69, 9.17) is 0 Å². The van der Waals surface area contributed by atoms with E-state index in [9.17, 15) is 14.0 Å². The van der Waals surface area contributed by atoms with E-state index in [1.165, 1.54) is 6.42 Å². The molecule has 1 aromatic carbocycles. The second-order valence-electron chi connectivity index (χ2n) is 9.83. The molecular formula is C30H42F2N6O2. The van der Waals surface area contributed by atoms with Gasteiger partial charge in [0.1, 0.15) is 16.9 Å². The maximum Gasteiger partial charge on any atom is 0.270 e. The molecule has 3 aromatic rings. The lowest BCUT2D eigenvalue weighted by atomic mass is 9.93. The van der Waals surface area contributed by atoms with Crippen LogP contribution in [-0.4, -0.2) is 65.2 Å². The molecule has 5 rings (SSSR count). The van der Waals surface area contributed by atoms with Gasteiger partial charge in [-0.15, -0.1) is 0 Å². The number of aromatic amines is 1. The van der Waals surface area contributed by atoms with Gasteiger partial charge in [0.15, 0.2) is 5.82 Å². The zero-order valence-corrected chi connectivity index (χ0v) is 24.5. The van der Waals surface area contributed by atoms with Crippen LogP contribution in [0.3, 0.4) is 0 Å². The van der Waals surface area contributed by atoms with E-state index >= 15 is 4.39 Å². The molecule has 10 heteroatoms. The van der Waals surface area contributed by atoms with Crippen molar-refractivity contribution in [3.8, 4) is 0 Å². The molecule has 0 spiro atoms. The molecule has 0 radical (unpaired) electrons. The fourth-order valence-corrected chi connectivity index (χ4v) is 5.11. The highest BCUT2D eigenvalue weighted by Crippen LogP contribution is 2.29. The fraction of sp³-hybridized carbons (Fsp3) is 0.533. The second-order valence-corrected chi connectivity index (χ2v) is 9.83. The Morgan fingerprint density at radius 2 is 1.77 bits per heavy atom. The maximum absolute atomic E-state index is 15.4. The lowest BCUT2D eigenvalue weighted by Crippen LogP contribution is -2.47. The third kappa shape index (κ3) is 6.66.